The van der Waals surface area contributed by atoms with Gasteiger partial charge in [-0.15, -0.1) is 0 Å². The second-order valence-electron chi connectivity index (χ2n) is 8.98. The molecule has 2 aromatic rings. The molecule has 0 amide bonds. The molecule has 7 atom stereocenters. The monoisotopic (exact) mass is 418 g/mol. The minimum absolute atomic E-state index is 0.143. The van der Waals surface area contributed by atoms with Crippen LogP contribution in [-0.4, -0.2) is 31.6 Å². The number of esters is 1. The Morgan fingerprint density at radius 2 is 1.73 bits per heavy atom. The molecule has 0 aromatic heterocycles. The second kappa shape index (κ2) is 8.60. The van der Waals surface area contributed by atoms with Crippen LogP contribution in [-0.2, 0) is 4.74 Å². The maximum absolute atomic E-state index is 15.8. The van der Waals surface area contributed by atoms with Gasteiger partial charge in [0, 0.05) is 11.8 Å². The van der Waals surface area contributed by atoms with E-state index in [4.69, 9.17) is 4.74 Å². The maximum atomic E-state index is 15.8. The number of carbonyl (C=O) groups excluding carboxylic acids is 1. The van der Waals surface area contributed by atoms with Gasteiger partial charge < -0.3 is 4.74 Å². The average molecular weight is 418 g/mol. The molecule has 0 N–H and O–H groups in total. The second-order valence-corrected chi connectivity index (χ2v) is 8.98. The van der Waals surface area contributed by atoms with Crippen LogP contribution in [0.2, 0.25) is 0 Å². The van der Waals surface area contributed by atoms with Crippen LogP contribution < -0.4 is 0 Å². The molecule has 5 heteroatoms. The van der Waals surface area contributed by atoms with Gasteiger partial charge in [0.1, 0.15) is 18.5 Å². The molecule has 162 valence electrons. The minimum atomic E-state index is -1.67. The summed E-state index contributed by atoms with van der Waals surface area (Å²) in [5.41, 5.74) is 0.460. The molecule has 0 heterocycles. The topological polar surface area (TPSA) is 26.3 Å². The summed E-state index contributed by atoms with van der Waals surface area (Å²) in [5, 5.41) is 1.59. The Balaban J connectivity index is 1.74. The summed E-state index contributed by atoms with van der Waals surface area (Å²) in [4.78, 5) is 12.5. The normalized spacial score (nSPS) is 33.8. The molecular formula is C25H29F3O2. The summed E-state index contributed by atoms with van der Waals surface area (Å²) in [7, 11) is 1.25. The van der Waals surface area contributed by atoms with Crippen molar-refractivity contribution < 1.29 is 22.7 Å². The van der Waals surface area contributed by atoms with Crippen LogP contribution in [0.1, 0.15) is 60.9 Å². The number of hydrogen-bond acceptors (Lipinski definition) is 2. The van der Waals surface area contributed by atoms with Crippen molar-refractivity contribution in [3.8, 4) is 0 Å². The van der Waals surface area contributed by atoms with Gasteiger partial charge in [0.05, 0.1) is 12.7 Å². The highest BCUT2D eigenvalue weighted by atomic mass is 19.2. The van der Waals surface area contributed by atoms with Crippen molar-refractivity contribution in [1.29, 1.82) is 0 Å². The number of fused-ring (bicyclic) bond motifs is 2. The Morgan fingerprint density at radius 1 is 1.03 bits per heavy atom. The first-order valence-corrected chi connectivity index (χ1v) is 11.0. The quantitative estimate of drug-likeness (QED) is 0.525. The van der Waals surface area contributed by atoms with Crippen molar-refractivity contribution >= 4 is 16.7 Å². The van der Waals surface area contributed by atoms with Crippen LogP contribution >= 0.6 is 0 Å². The standard InChI is InChI=1S/C25H29F3O2/c1-3-6-14-9-17-13-21(27)23(24(28)22(17)20(26)10-14)18-11-15-7-4-5-8-16(15)12-19(18)25(29)30-2/h4-5,7-8,11-12,14,17,20-24H,3,6,9-10,13H2,1-2H3. The lowest BCUT2D eigenvalue weighted by Gasteiger charge is -2.47. The van der Waals surface area contributed by atoms with Crippen LogP contribution in [0.3, 0.4) is 0 Å². The molecule has 0 aliphatic heterocycles. The number of carbonyl (C=O) groups is 1. The van der Waals surface area contributed by atoms with Crippen molar-refractivity contribution in [2.45, 2.75) is 63.5 Å². The van der Waals surface area contributed by atoms with Crippen molar-refractivity contribution in [3.63, 3.8) is 0 Å². The predicted molar refractivity (Wildman–Crippen MR) is 112 cm³/mol. The molecule has 0 radical (unpaired) electrons. The van der Waals surface area contributed by atoms with E-state index in [1.165, 1.54) is 7.11 Å². The first-order chi connectivity index (χ1) is 14.4. The van der Waals surface area contributed by atoms with Gasteiger partial charge in [-0.1, -0.05) is 44.0 Å². The highest BCUT2D eigenvalue weighted by Crippen LogP contribution is 2.52. The molecule has 2 aliphatic carbocycles. The van der Waals surface area contributed by atoms with Gasteiger partial charge in [-0.25, -0.2) is 18.0 Å². The van der Waals surface area contributed by atoms with Gasteiger partial charge in [-0.05, 0) is 59.6 Å². The highest BCUT2D eigenvalue weighted by Gasteiger charge is 2.52. The van der Waals surface area contributed by atoms with E-state index in [1.54, 1.807) is 12.1 Å². The predicted octanol–water partition coefficient (Wildman–Crippen LogP) is 6.57. The van der Waals surface area contributed by atoms with E-state index in [1.807, 2.05) is 24.3 Å². The average Bonchev–Trinajstić information content (AvgIpc) is 2.72. The van der Waals surface area contributed by atoms with E-state index in [2.05, 4.69) is 6.92 Å². The molecule has 0 spiro atoms. The smallest absolute Gasteiger partial charge is 0.338 e. The fourth-order valence-electron chi connectivity index (χ4n) is 5.87. The van der Waals surface area contributed by atoms with Crippen molar-refractivity contribution in [1.82, 2.24) is 0 Å². The summed E-state index contributed by atoms with van der Waals surface area (Å²) in [6.45, 7) is 2.06. The zero-order valence-electron chi connectivity index (χ0n) is 17.5. The largest absolute Gasteiger partial charge is 0.465 e. The first kappa shape index (κ1) is 21.2. The Morgan fingerprint density at radius 3 is 2.40 bits per heavy atom. The molecule has 2 saturated carbocycles. The summed E-state index contributed by atoms with van der Waals surface area (Å²) >= 11 is 0. The van der Waals surface area contributed by atoms with E-state index in [-0.39, 0.29) is 23.8 Å². The van der Waals surface area contributed by atoms with E-state index < -0.39 is 36.3 Å². The van der Waals surface area contributed by atoms with Gasteiger partial charge >= 0.3 is 5.97 Å². The molecule has 0 saturated heterocycles. The zero-order chi connectivity index (χ0) is 21.4. The summed E-state index contributed by atoms with van der Waals surface area (Å²) in [5.74, 6) is -2.68. The lowest BCUT2D eigenvalue weighted by molar-refractivity contribution is -0.0530. The van der Waals surface area contributed by atoms with Gasteiger partial charge in [0.15, 0.2) is 0 Å². The fraction of sp³-hybridized carbons (Fsp3) is 0.560. The Kier molecular flexibility index (Phi) is 6.08. The van der Waals surface area contributed by atoms with Crippen LogP contribution in [0, 0.1) is 17.8 Å². The SMILES string of the molecule is CCCC1CC(F)C2C(C1)CC(F)C(c1cc3ccccc3cc1C(=O)OC)C2F. The number of hydrogen-bond donors (Lipinski definition) is 0. The molecule has 7 unspecified atom stereocenters. The van der Waals surface area contributed by atoms with E-state index in [0.29, 0.717) is 18.4 Å². The lowest BCUT2D eigenvalue weighted by Crippen LogP contribution is -2.49. The number of alkyl halides is 3. The molecule has 4 rings (SSSR count). The third kappa shape index (κ3) is 3.72. The van der Waals surface area contributed by atoms with Gasteiger partial charge in [0.25, 0.3) is 0 Å². The Bertz CT molecular complexity index is 914. The summed E-state index contributed by atoms with van der Waals surface area (Å²) in [6.07, 6.45) is -1.36. The third-order valence-electron chi connectivity index (χ3n) is 7.16. The fourth-order valence-corrected chi connectivity index (χ4v) is 5.87. The Hall–Kier alpha value is -2.04. The minimum Gasteiger partial charge on any atom is -0.465 e. The molecule has 30 heavy (non-hydrogen) atoms. The van der Waals surface area contributed by atoms with Gasteiger partial charge in [-0.3, -0.25) is 0 Å². The van der Waals surface area contributed by atoms with Crippen LogP contribution in [0.5, 0.6) is 0 Å². The van der Waals surface area contributed by atoms with E-state index in [9.17, 15) is 4.79 Å². The molecule has 2 aromatic carbocycles. The molecule has 2 fully saturated rings. The van der Waals surface area contributed by atoms with Gasteiger partial charge in [-0.2, -0.15) is 0 Å². The highest BCUT2D eigenvalue weighted by molar-refractivity contribution is 5.97. The Labute approximate surface area is 175 Å². The van der Waals surface area contributed by atoms with Crippen molar-refractivity contribution in [3.05, 3.63) is 47.5 Å². The molecule has 0 bridgehead atoms. The third-order valence-corrected chi connectivity index (χ3v) is 7.16. The first-order valence-electron chi connectivity index (χ1n) is 11.0. The molecule has 2 nitrogen and oxygen atoms in total. The molecule has 2 aliphatic rings. The number of ether oxygens (including phenoxy) is 1. The zero-order valence-corrected chi connectivity index (χ0v) is 17.5. The maximum Gasteiger partial charge on any atom is 0.338 e. The number of halogens is 3. The van der Waals surface area contributed by atoms with E-state index in [0.717, 1.165) is 23.6 Å². The summed E-state index contributed by atoms with van der Waals surface area (Å²) < 4.78 is 51.2. The summed E-state index contributed by atoms with van der Waals surface area (Å²) in [6, 6.07) is 10.7. The lowest BCUT2D eigenvalue weighted by atomic mass is 9.60. The van der Waals surface area contributed by atoms with Gasteiger partial charge in [0.2, 0.25) is 0 Å². The van der Waals surface area contributed by atoms with Crippen molar-refractivity contribution in [2.24, 2.45) is 17.8 Å². The van der Waals surface area contributed by atoms with Crippen molar-refractivity contribution in [2.75, 3.05) is 7.11 Å². The molecular weight excluding hydrogens is 389 g/mol. The van der Waals surface area contributed by atoms with E-state index >= 15 is 13.2 Å². The number of benzene rings is 2. The number of methoxy groups -OCH3 is 1. The van der Waals surface area contributed by atoms with Crippen LogP contribution in [0.4, 0.5) is 13.2 Å². The van der Waals surface area contributed by atoms with Crippen LogP contribution in [0.25, 0.3) is 10.8 Å². The number of rotatable bonds is 4. The van der Waals surface area contributed by atoms with Crippen LogP contribution in [0.15, 0.2) is 36.4 Å².